The van der Waals surface area contributed by atoms with Crippen LogP contribution >= 0.6 is 0 Å². The highest BCUT2D eigenvalue weighted by molar-refractivity contribution is 6.08. The number of benzene rings is 3. The molecule has 0 bridgehead atoms. The molecule has 0 saturated carbocycles. The van der Waals surface area contributed by atoms with Crippen LogP contribution in [0.15, 0.2) is 40.8 Å². The zero-order chi connectivity index (χ0) is 26.2. The fourth-order valence-corrected chi connectivity index (χ4v) is 5.01. The van der Waals surface area contributed by atoms with Crippen LogP contribution in [0.2, 0.25) is 0 Å². The average Bonchev–Trinajstić information content (AvgIpc) is 2.83. The normalized spacial score (nSPS) is 17.8. The highest BCUT2D eigenvalue weighted by Crippen LogP contribution is 2.45. The fourth-order valence-electron chi connectivity index (χ4n) is 5.01. The molecule has 2 aromatic rings. The molecule has 2 saturated heterocycles. The molecular weight excluding hydrogens is 495 g/mol. The summed E-state index contributed by atoms with van der Waals surface area (Å²) in [5, 5.41) is 10.7. The largest absolute Gasteiger partial charge is 0.478 e. The molecule has 3 heterocycles. The summed E-state index contributed by atoms with van der Waals surface area (Å²) < 4.78 is 79.8. The quantitative estimate of drug-likeness (QED) is 0.182. The lowest BCUT2D eigenvalue weighted by atomic mass is 9.88. The zero-order valence-electron chi connectivity index (χ0n) is 19.5. The SMILES string of the molecule is Cc1c(F)c(F)c(C(=O)O)c(-c2c3ccc(=[N+]4CC(F)C4)cc-3oc3cc(N4CC(F)C4)ccc23)c1F. The van der Waals surface area contributed by atoms with E-state index in [0.717, 1.165) is 6.92 Å². The summed E-state index contributed by atoms with van der Waals surface area (Å²) in [6, 6.07) is 9.66. The number of fused-ring (bicyclic) bond motifs is 2. The predicted molar refractivity (Wildman–Crippen MR) is 127 cm³/mol. The van der Waals surface area contributed by atoms with E-state index < -0.39 is 52.5 Å². The Kier molecular flexibility index (Phi) is 5.25. The van der Waals surface area contributed by atoms with Crippen molar-refractivity contribution in [3.63, 3.8) is 0 Å². The molecule has 1 aliphatic carbocycles. The number of anilines is 1. The summed E-state index contributed by atoms with van der Waals surface area (Å²) in [6.45, 7) is 1.79. The van der Waals surface area contributed by atoms with Crippen LogP contribution in [0.1, 0.15) is 15.9 Å². The van der Waals surface area contributed by atoms with Gasteiger partial charge < -0.3 is 14.4 Å². The van der Waals surface area contributed by atoms with Gasteiger partial charge >= 0.3 is 5.97 Å². The van der Waals surface area contributed by atoms with Crippen molar-refractivity contribution in [3.8, 4) is 22.5 Å². The molecule has 190 valence electrons. The van der Waals surface area contributed by atoms with E-state index in [4.69, 9.17) is 4.42 Å². The summed E-state index contributed by atoms with van der Waals surface area (Å²) in [4.78, 5) is 13.8. The van der Waals surface area contributed by atoms with Gasteiger partial charge in [0.25, 0.3) is 0 Å². The summed E-state index contributed by atoms with van der Waals surface area (Å²) in [7, 11) is 0. The second-order valence-electron chi connectivity index (χ2n) is 9.46. The van der Waals surface area contributed by atoms with Gasteiger partial charge in [-0.15, -0.1) is 0 Å². The van der Waals surface area contributed by atoms with Crippen LogP contribution < -0.4 is 14.8 Å². The monoisotopic (exact) mass is 515 g/mol. The summed E-state index contributed by atoms with van der Waals surface area (Å²) in [6.07, 6.45) is -1.92. The second kappa shape index (κ2) is 8.29. The van der Waals surface area contributed by atoms with Gasteiger partial charge in [-0.1, -0.05) is 0 Å². The topological polar surface area (TPSA) is 56.7 Å². The smallest absolute Gasteiger partial charge is 0.339 e. The lowest BCUT2D eigenvalue weighted by Gasteiger charge is -2.36. The number of rotatable bonds is 3. The zero-order valence-corrected chi connectivity index (χ0v) is 19.5. The van der Waals surface area contributed by atoms with Crippen molar-refractivity contribution in [3.05, 3.63) is 70.3 Å². The van der Waals surface area contributed by atoms with Crippen LogP contribution in [-0.4, -0.2) is 49.6 Å². The molecule has 0 atom stereocenters. The maximum Gasteiger partial charge on any atom is 0.339 e. The summed E-state index contributed by atoms with van der Waals surface area (Å²) >= 11 is 0. The number of carboxylic acids is 1. The first-order chi connectivity index (χ1) is 17.6. The van der Waals surface area contributed by atoms with E-state index in [2.05, 4.69) is 0 Å². The van der Waals surface area contributed by atoms with Crippen LogP contribution in [-0.2, 0) is 0 Å². The second-order valence-corrected chi connectivity index (χ2v) is 9.46. The molecule has 4 aliphatic rings. The van der Waals surface area contributed by atoms with Gasteiger partial charge in [-0.05, 0) is 25.1 Å². The molecule has 37 heavy (non-hydrogen) atoms. The van der Waals surface area contributed by atoms with Gasteiger partial charge in [0.2, 0.25) is 11.5 Å². The van der Waals surface area contributed by atoms with Gasteiger partial charge in [0, 0.05) is 45.5 Å². The van der Waals surface area contributed by atoms with Crippen LogP contribution in [0.3, 0.4) is 0 Å². The van der Waals surface area contributed by atoms with E-state index in [0.29, 0.717) is 11.0 Å². The van der Waals surface area contributed by atoms with Gasteiger partial charge in [-0.25, -0.2) is 31.3 Å². The van der Waals surface area contributed by atoms with E-state index in [1.165, 1.54) is 0 Å². The Bertz CT molecular complexity index is 1650. The Balaban J connectivity index is 1.71. The highest BCUT2D eigenvalue weighted by Gasteiger charge is 2.34. The maximum atomic E-state index is 15.6. The van der Waals surface area contributed by atoms with E-state index in [1.54, 1.807) is 45.9 Å². The molecule has 2 aromatic carbocycles. The van der Waals surface area contributed by atoms with Crippen molar-refractivity contribution in [2.45, 2.75) is 19.3 Å². The number of hydrogen-bond acceptors (Lipinski definition) is 3. The van der Waals surface area contributed by atoms with Crippen molar-refractivity contribution >= 4 is 22.6 Å². The predicted octanol–water partition coefficient (Wildman–Crippen LogP) is 4.91. The van der Waals surface area contributed by atoms with E-state index >= 15 is 4.39 Å². The number of carbonyl (C=O) groups is 1. The third-order valence-corrected chi connectivity index (χ3v) is 7.10. The summed E-state index contributed by atoms with van der Waals surface area (Å²) in [5.74, 6) is -6.06. The molecule has 0 amide bonds. The van der Waals surface area contributed by atoms with Gasteiger partial charge in [-0.3, -0.25) is 0 Å². The van der Waals surface area contributed by atoms with Crippen molar-refractivity contribution in [2.75, 3.05) is 31.1 Å². The minimum Gasteiger partial charge on any atom is -0.478 e. The molecule has 3 aliphatic heterocycles. The van der Waals surface area contributed by atoms with Gasteiger partial charge in [0.15, 0.2) is 24.7 Å². The molecule has 1 N–H and O–H groups in total. The van der Waals surface area contributed by atoms with Crippen molar-refractivity contribution in [2.24, 2.45) is 0 Å². The number of nitrogens with zero attached hydrogens (tertiary/aromatic N) is 2. The van der Waals surface area contributed by atoms with Gasteiger partial charge in [-0.2, -0.15) is 0 Å². The van der Waals surface area contributed by atoms with Crippen LogP contribution in [0.5, 0.6) is 0 Å². The minimum absolute atomic E-state index is 0.0187. The molecule has 0 unspecified atom stereocenters. The first kappa shape index (κ1) is 23.4. The highest BCUT2D eigenvalue weighted by atomic mass is 19.2. The van der Waals surface area contributed by atoms with Gasteiger partial charge in [0.05, 0.1) is 19.2 Å². The Labute approximate surface area is 207 Å². The molecule has 0 aromatic heterocycles. The van der Waals surface area contributed by atoms with Crippen LogP contribution in [0.25, 0.3) is 33.4 Å². The number of hydrogen-bond donors (Lipinski definition) is 1. The third kappa shape index (κ3) is 3.57. The van der Waals surface area contributed by atoms with E-state index in [-0.39, 0.29) is 54.0 Å². The molecule has 5 nitrogen and oxygen atoms in total. The van der Waals surface area contributed by atoms with Crippen LogP contribution in [0.4, 0.5) is 27.6 Å². The number of carboxylic acid groups (broad SMARTS) is 1. The molecule has 2 fully saturated rings. The lowest BCUT2D eigenvalue weighted by molar-refractivity contribution is 0.0691. The van der Waals surface area contributed by atoms with Crippen molar-refractivity contribution in [1.82, 2.24) is 4.58 Å². The van der Waals surface area contributed by atoms with Crippen molar-refractivity contribution < 1.29 is 36.3 Å². The van der Waals surface area contributed by atoms with Gasteiger partial charge in [0.1, 0.15) is 28.9 Å². The maximum absolute atomic E-state index is 15.6. The summed E-state index contributed by atoms with van der Waals surface area (Å²) in [5.41, 5.74) is -1.26. The number of aromatic carboxylic acids is 1. The standard InChI is InChI=1S/C27H19F5N2O3/c1-12-24(30)22(23(27(35)36)26(32)25(12)31)21-17-4-2-15(33-8-13(28)9-33)6-19(17)37-20-7-16(3-5-18(20)21)34-10-14(29)11-34/h2-7,13-14H,8-11H2,1H3/p+1. The Hall–Kier alpha value is -3.95. The van der Waals surface area contributed by atoms with Crippen molar-refractivity contribution in [1.29, 1.82) is 0 Å². The first-order valence-electron chi connectivity index (χ1n) is 11.7. The molecular formula is C27H20F5N2O3+. The number of alkyl halides is 2. The minimum atomic E-state index is -1.83. The number of halogens is 5. The lowest BCUT2D eigenvalue weighted by Crippen LogP contribution is -2.50. The van der Waals surface area contributed by atoms with E-state index in [1.807, 2.05) is 0 Å². The Morgan fingerprint density at radius 3 is 2.35 bits per heavy atom. The molecule has 10 heteroatoms. The van der Waals surface area contributed by atoms with Crippen LogP contribution in [0, 0.1) is 24.4 Å². The first-order valence-corrected chi connectivity index (χ1v) is 11.7. The molecule has 6 rings (SSSR count). The molecule has 0 radical (unpaired) electrons. The Morgan fingerprint density at radius 1 is 0.973 bits per heavy atom. The molecule has 0 spiro atoms. The average molecular weight is 515 g/mol. The third-order valence-electron chi connectivity index (χ3n) is 7.10. The van der Waals surface area contributed by atoms with E-state index in [9.17, 15) is 27.5 Å². The fraction of sp³-hybridized carbons (Fsp3) is 0.259. The Morgan fingerprint density at radius 2 is 1.70 bits per heavy atom.